The van der Waals surface area contributed by atoms with Gasteiger partial charge in [-0.3, -0.25) is 4.79 Å². The third-order valence-electron chi connectivity index (χ3n) is 4.78. The van der Waals surface area contributed by atoms with E-state index in [1.165, 1.54) is 0 Å². The van der Waals surface area contributed by atoms with Crippen LogP contribution >= 0.6 is 0 Å². The highest BCUT2D eigenvalue weighted by Gasteiger charge is 2.28. The Morgan fingerprint density at radius 3 is 2.85 bits per heavy atom. The lowest BCUT2D eigenvalue weighted by atomic mass is 9.97. The monoisotopic (exact) mass is 368 g/mol. The van der Waals surface area contributed by atoms with Crippen LogP contribution in [-0.4, -0.2) is 35.5 Å². The van der Waals surface area contributed by atoms with Crippen molar-refractivity contribution >= 4 is 11.7 Å². The number of hydrogen-bond donors (Lipinski definition) is 1. The normalized spacial score (nSPS) is 16.8. The van der Waals surface area contributed by atoms with Crippen molar-refractivity contribution in [1.82, 2.24) is 15.3 Å². The largest absolute Gasteiger partial charge is 0.436 e. The zero-order valence-corrected chi connectivity index (χ0v) is 15.9. The second-order valence-corrected chi connectivity index (χ2v) is 6.88. The van der Waals surface area contributed by atoms with E-state index in [0.29, 0.717) is 18.2 Å². The molecule has 1 unspecified atom stereocenters. The molecule has 6 nitrogen and oxygen atoms in total. The number of carbonyl (C=O) groups excluding carboxylic acids is 1. The van der Waals surface area contributed by atoms with E-state index in [1.54, 1.807) is 12.4 Å². The van der Waals surface area contributed by atoms with E-state index in [9.17, 15) is 4.79 Å². The van der Waals surface area contributed by atoms with Gasteiger partial charge < -0.3 is 15.0 Å². The molecule has 1 atom stereocenters. The number of ether oxygens (including phenoxy) is 1. The number of para-hydroxylation sites is 1. The third-order valence-corrected chi connectivity index (χ3v) is 4.78. The van der Waals surface area contributed by atoms with Gasteiger partial charge in [0.1, 0.15) is 5.75 Å². The number of amides is 1. The van der Waals surface area contributed by atoms with Crippen molar-refractivity contribution in [2.24, 2.45) is 5.92 Å². The molecule has 0 saturated carbocycles. The summed E-state index contributed by atoms with van der Waals surface area (Å²) in [6, 6.07) is 9.57. The highest BCUT2D eigenvalue weighted by molar-refractivity contribution is 5.79. The van der Waals surface area contributed by atoms with Gasteiger partial charge in [-0.05, 0) is 31.4 Å². The Morgan fingerprint density at radius 2 is 2.04 bits per heavy atom. The maximum atomic E-state index is 12.5. The van der Waals surface area contributed by atoms with E-state index in [0.717, 1.165) is 50.9 Å². The number of carbonyl (C=O) groups is 1. The molecule has 1 amide bonds. The third kappa shape index (κ3) is 5.42. The lowest BCUT2D eigenvalue weighted by Crippen LogP contribution is -2.43. The van der Waals surface area contributed by atoms with Gasteiger partial charge in [-0.1, -0.05) is 38.0 Å². The first-order chi connectivity index (χ1) is 13.3. The molecule has 1 aliphatic rings. The van der Waals surface area contributed by atoms with Crippen LogP contribution in [0.3, 0.4) is 0 Å². The molecule has 1 aromatic carbocycles. The molecule has 2 aromatic rings. The Bertz CT molecular complexity index is 723. The highest BCUT2D eigenvalue weighted by Crippen LogP contribution is 2.30. The van der Waals surface area contributed by atoms with Crippen molar-refractivity contribution in [3.63, 3.8) is 0 Å². The molecular formula is C21H28N4O2. The number of benzene rings is 1. The summed E-state index contributed by atoms with van der Waals surface area (Å²) in [4.78, 5) is 23.5. The van der Waals surface area contributed by atoms with E-state index < -0.39 is 0 Å². The summed E-state index contributed by atoms with van der Waals surface area (Å²) >= 11 is 0. The fraction of sp³-hybridized carbons (Fsp3) is 0.476. The quantitative estimate of drug-likeness (QED) is 0.718. The van der Waals surface area contributed by atoms with Gasteiger partial charge in [0.05, 0.1) is 5.92 Å². The molecule has 0 aliphatic carbocycles. The van der Waals surface area contributed by atoms with Gasteiger partial charge in [0, 0.05) is 32.0 Å². The second-order valence-electron chi connectivity index (χ2n) is 6.88. The number of nitrogens with zero attached hydrogens (tertiary/aromatic N) is 3. The standard InChI is InChI=1S/C21H28N4O2/c1-2-3-7-12-23-20(26)17-9-8-15-25(16-17)19-21(24-14-13-22-19)27-18-10-5-4-6-11-18/h4-6,10-11,13-14,17H,2-3,7-9,12,15-16H2,1H3,(H,23,26). The fourth-order valence-corrected chi connectivity index (χ4v) is 3.32. The van der Waals surface area contributed by atoms with Crippen LogP contribution in [0.2, 0.25) is 0 Å². The molecule has 6 heteroatoms. The SMILES string of the molecule is CCCCCNC(=O)C1CCCN(c2nccnc2Oc2ccccc2)C1. The number of nitrogens with one attached hydrogen (secondary N) is 1. The van der Waals surface area contributed by atoms with Crippen LogP contribution in [-0.2, 0) is 4.79 Å². The molecule has 1 saturated heterocycles. The first-order valence-corrected chi connectivity index (χ1v) is 9.84. The number of piperidine rings is 1. The van der Waals surface area contributed by atoms with Gasteiger partial charge in [0.2, 0.25) is 5.91 Å². The summed E-state index contributed by atoms with van der Waals surface area (Å²) in [6.45, 7) is 4.42. The molecule has 0 bridgehead atoms. The van der Waals surface area contributed by atoms with Crippen LogP contribution in [0.25, 0.3) is 0 Å². The zero-order chi connectivity index (χ0) is 18.9. The summed E-state index contributed by atoms with van der Waals surface area (Å²) in [5.74, 6) is 2.02. The van der Waals surface area contributed by atoms with Crippen molar-refractivity contribution in [2.75, 3.05) is 24.5 Å². The number of aromatic nitrogens is 2. The molecular weight excluding hydrogens is 340 g/mol. The summed E-state index contributed by atoms with van der Waals surface area (Å²) < 4.78 is 5.93. The molecule has 3 rings (SSSR count). The average Bonchev–Trinajstić information content (AvgIpc) is 2.72. The Balaban J connectivity index is 1.65. The van der Waals surface area contributed by atoms with Crippen LogP contribution in [0.5, 0.6) is 11.6 Å². The Morgan fingerprint density at radius 1 is 1.22 bits per heavy atom. The topological polar surface area (TPSA) is 67.4 Å². The number of anilines is 1. The number of rotatable bonds is 8. The van der Waals surface area contributed by atoms with Gasteiger partial charge in [-0.25, -0.2) is 9.97 Å². The molecule has 27 heavy (non-hydrogen) atoms. The summed E-state index contributed by atoms with van der Waals surface area (Å²) in [5, 5.41) is 3.08. The fourth-order valence-electron chi connectivity index (χ4n) is 3.32. The average molecular weight is 368 g/mol. The van der Waals surface area contributed by atoms with Crippen molar-refractivity contribution in [1.29, 1.82) is 0 Å². The smallest absolute Gasteiger partial charge is 0.263 e. The first-order valence-electron chi connectivity index (χ1n) is 9.84. The lowest BCUT2D eigenvalue weighted by Gasteiger charge is -2.33. The van der Waals surface area contributed by atoms with Crippen molar-refractivity contribution in [3.05, 3.63) is 42.7 Å². The van der Waals surface area contributed by atoms with Crippen LogP contribution in [0.15, 0.2) is 42.7 Å². The molecule has 1 fully saturated rings. The van der Waals surface area contributed by atoms with E-state index in [-0.39, 0.29) is 11.8 Å². The van der Waals surface area contributed by atoms with Crippen molar-refractivity contribution in [2.45, 2.75) is 39.0 Å². The number of unbranched alkanes of at least 4 members (excludes halogenated alkanes) is 2. The Labute approximate surface area is 161 Å². The summed E-state index contributed by atoms with van der Waals surface area (Å²) in [5.41, 5.74) is 0. The predicted octanol–water partition coefficient (Wildman–Crippen LogP) is 3.79. The summed E-state index contributed by atoms with van der Waals surface area (Å²) in [7, 11) is 0. The Hall–Kier alpha value is -2.63. The minimum absolute atomic E-state index is 0.0213. The van der Waals surface area contributed by atoms with Crippen LogP contribution in [0.1, 0.15) is 39.0 Å². The highest BCUT2D eigenvalue weighted by atomic mass is 16.5. The minimum Gasteiger partial charge on any atom is -0.436 e. The maximum Gasteiger partial charge on any atom is 0.263 e. The zero-order valence-electron chi connectivity index (χ0n) is 15.9. The minimum atomic E-state index is -0.0213. The van der Waals surface area contributed by atoms with Gasteiger partial charge in [-0.2, -0.15) is 0 Å². The van der Waals surface area contributed by atoms with E-state index in [2.05, 4.69) is 27.1 Å². The molecule has 1 N–H and O–H groups in total. The second kappa shape index (κ2) is 9.90. The number of hydrogen-bond acceptors (Lipinski definition) is 5. The van der Waals surface area contributed by atoms with Gasteiger partial charge >= 0.3 is 0 Å². The molecule has 0 spiro atoms. The first kappa shape index (κ1) is 19.1. The van der Waals surface area contributed by atoms with Gasteiger partial charge in [0.15, 0.2) is 5.82 Å². The lowest BCUT2D eigenvalue weighted by molar-refractivity contribution is -0.125. The maximum absolute atomic E-state index is 12.5. The van der Waals surface area contributed by atoms with E-state index in [1.807, 2.05) is 30.3 Å². The predicted molar refractivity (Wildman–Crippen MR) is 106 cm³/mol. The van der Waals surface area contributed by atoms with Gasteiger partial charge in [-0.15, -0.1) is 0 Å². The van der Waals surface area contributed by atoms with Crippen LogP contribution < -0.4 is 15.0 Å². The molecule has 1 aliphatic heterocycles. The van der Waals surface area contributed by atoms with Crippen LogP contribution in [0, 0.1) is 5.92 Å². The molecule has 1 aromatic heterocycles. The molecule has 144 valence electrons. The Kier molecular flexibility index (Phi) is 7.02. The van der Waals surface area contributed by atoms with Crippen molar-refractivity contribution < 1.29 is 9.53 Å². The van der Waals surface area contributed by atoms with Crippen molar-refractivity contribution in [3.8, 4) is 11.6 Å². The molecule has 0 radical (unpaired) electrons. The van der Waals surface area contributed by atoms with Crippen LogP contribution in [0.4, 0.5) is 5.82 Å². The van der Waals surface area contributed by atoms with Gasteiger partial charge in [0.25, 0.3) is 5.88 Å². The van der Waals surface area contributed by atoms with E-state index in [4.69, 9.17) is 4.74 Å². The summed E-state index contributed by atoms with van der Waals surface area (Å²) in [6.07, 6.45) is 8.50. The van der Waals surface area contributed by atoms with E-state index >= 15 is 0 Å². The molecule has 2 heterocycles.